The smallest absolute Gasteiger partial charge is 0.277 e. The topological polar surface area (TPSA) is 70.2 Å². The molecule has 1 fully saturated rings. The van der Waals surface area contributed by atoms with Crippen molar-refractivity contribution in [1.29, 1.82) is 0 Å². The Bertz CT molecular complexity index is 223. The monoisotopic (exact) mass is 193 g/mol. The van der Waals surface area contributed by atoms with E-state index in [4.69, 9.17) is 0 Å². The summed E-state index contributed by atoms with van der Waals surface area (Å²) < 4.78 is 27.3. The molecule has 72 valence electrons. The van der Waals surface area contributed by atoms with Crippen molar-refractivity contribution in [2.45, 2.75) is 19.4 Å². The van der Waals surface area contributed by atoms with E-state index < -0.39 is 10.2 Å². The van der Waals surface area contributed by atoms with Crippen molar-refractivity contribution >= 4 is 10.2 Å². The highest BCUT2D eigenvalue weighted by Crippen LogP contribution is 1.92. The molecule has 0 aromatic rings. The first-order valence-corrected chi connectivity index (χ1v) is 5.60. The maximum atomic E-state index is 11.1. The molecule has 3 N–H and O–H groups in total. The van der Waals surface area contributed by atoms with Crippen LogP contribution in [-0.2, 0) is 10.2 Å². The van der Waals surface area contributed by atoms with Crippen molar-refractivity contribution in [2.75, 3.05) is 19.6 Å². The van der Waals surface area contributed by atoms with Crippen LogP contribution in [0.25, 0.3) is 0 Å². The standard InChI is InChI=1S/C6H15N3O2S/c1-2-3-8-12(10,11)9-6-4-7-5-6/h6-9H,2-5H2,1H3. The highest BCUT2D eigenvalue weighted by Gasteiger charge is 2.21. The minimum Gasteiger partial charge on any atom is -0.313 e. The number of hydrogen-bond acceptors (Lipinski definition) is 3. The van der Waals surface area contributed by atoms with E-state index >= 15 is 0 Å². The van der Waals surface area contributed by atoms with Gasteiger partial charge in [-0.1, -0.05) is 6.92 Å². The van der Waals surface area contributed by atoms with E-state index in [0.29, 0.717) is 6.54 Å². The summed E-state index contributed by atoms with van der Waals surface area (Å²) in [4.78, 5) is 0. The molecular formula is C6H15N3O2S. The molecule has 0 spiro atoms. The van der Waals surface area contributed by atoms with Gasteiger partial charge in [-0.15, -0.1) is 0 Å². The predicted molar refractivity (Wildman–Crippen MR) is 47.0 cm³/mol. The summed E-state index contributed by atoms with van der Waals surface area (Å²) in [5, 5.41) is 2.99. The van der Waals surface area contributed by atoms with Gasteiger partial charge in [0.05, 0.1) is 0 Å². The first-order chi connectivity index (χ1) is 5.64. The second-order valence-electron chi connectivity index (χ2n) is 2.87. The van der Waals surface area contributed by atoms with Gasteiger partial charge < -0.3 is 5.32 Å². The van der Waals surface area contributed by atoms with Crippen LogP contribution < -0.4 is 14.8 Å². The molecule has 5 nitrogen and oxygen atoms in total. The molecule has 0 atom stereocenters. The van der Waals surface area contributed by atoms with Crippen LogP contribution in [0.2, 0.25) is 0 Å². The van der Waals surface area contributed by atoms with Gasteiger partial charge in [-0.2, -0.15) is 13.1 Å². The summed E-state index contributed by atoms with van der Waals surface area (Å²) in [5.74, 6) is 0. The molecule has 0 aromatic carbocycles. The van der Waals surface area contributed by atoms with Crippen LogP contribution in [0.3, 0.4) is 0 Å². The SMILES string of the molecule is CCCNS(=O)(=O)NC1CNC1. The van der Waals surface area contributed by atoms with E-state index in [9.17, 15) is 8.42 Å². The molecular weight excluding hydrogens is 178 g/mol. The third kappa shape index (κ3) is 3.06. The van der Waals surface area contributed by atoms with Gasteiger partial charge in [-0.05, 0) is 6.42 Å². The fourth-order valence-electron chi connectivity index (χ4n) is 0.870. The number of nitrogens with one attached hydrogen (secondary N) is 3. The van der Waals surface area contributed by atoms with Gasteiger partial charge in [0.2, 0.25) is 0 Å². The summed E-state index contributed by atoms with van der Waals surface area (Å²) in [7, 11) is -3.24. The molecule has 1 heterocycles. The van der Waals surface area contributed by atoms with Crippen LogP contribution in [0.15, 0.2) is 0 Å². The molecule has 1 aliphatic heterocycles. The lowest BCUT2D eigenvalue weighted by molar-refractivity contribution is 0.408. The van der Waals surface area contributed by atoms with Crippen molar-refractivity contribution < 1.29 is 8.42 Å². The fraction of sp³-hybridized carbons (Fsp3) is 1.00. The Morgan fingerprint density at radius 1 is 1.50 bits per heavy atom. The molecule has 0 amide bonds. The van der Waals surface area contributed by atoms with Crippen LogP contribution in [0.4, 0.5) is 0 Å². The third-order valence-electron chi connectivity index (χ3n) is 1.65. The Kier molecular flexibility index (Phi) is 3.45. The molecule has 0 saturated carbocycles. The molecule has 0 unspecified atom stereocenters. The lowest BCUT2D eigenvalue weighted by Gasteiger charge is -2.27. The summed E-state index contributed by atoms with van der Waals surface area (Å²) in [6.45, 7) is 3.88. The van der Waals surface area contributed by atoms with Crippen molar-refractivity contribution in [3.05, 3.63) is 0 Å². The van der Waals surface area contributed by atoms with Crippen molar-refractivity contribution in [2.24, 2.45) is 0 Å². The Morgan fingerprint density at radius 3 is 2.58 bits per heavy atom. The minimum atomic E-state index is -3.24. The predicted octanol–water partition coefficient (Wildman–Crippen LogP) is -1.21. The van der Waals surface area contributed by atoms with Crippen LogP contribution in [0.1, 0.15) is 13.3 Å². The maximum Gasteiger partial charge on any atom is 0.277 e. The van der Waals surface area contributed by atoms with Crippen molar-refractivity contribution in [3.8, 4) is 0 Å². The highest BCUT2D eigenvalue weighted by molar-refractivity contribution is 7.87. The van der Waals surface area contributed by atoms with E-state index in [1.54, 1.807) is 0 Å². The largest absolute Gasteiger partial charge is 0.313 e. The number of rotatable bonds is 5. The second-order valence-corrected chi connectivity index (χ2v) is 4.40. The Morgan fingerprint density at radius 2 is 2.17 bits per heavy atom. The molecule has 1 aliphatic rings. The van der Waals surface area contributed by atoms with Crippen molar-refractivity contribution in [3.63, 3.8) is 0 Å². The molecule has 0 bridgehead atoms. The molecule has 12 heavy (non-hydrogen) atoms. The van der Waals surface area contributed by atoms with Gasteiger partial charge in [0.15, 0.2) is 0 Å². The number of hydrogen-bond donors (Lipinski definition) is 3. The first-order valence-electron chi connectivity index (χ1n) is 4.11. The third-order valence-corrected chi connectivity index (χ3v) is 2.87. The summed E-state index contributed by atoms with van der Waals surface area (Å²) in [6, 6.07) is 0.0688. The summed E-state index contributed by atoms with van der Waals surface area (Å²) in [6.07, 6.45) is 0.809. The average Bonchev–Trinajstić information content (AvgIpc) is 1.94. The Balaban J connectivity index is 2.27. The Hall–Kier alpha value is -0.170. The van der Waals surface area contributed by atoms with Crippen LogP contribution in [0, 0.1) is 0 Å². The molecule has 1 saturated heterocycles. The van der Waals surface area contributed by atoms with Gasteiger partial charge in [0.1, 0.15) is 0 Å². The second kappa shape index (κ2) is 4.18. The van der Waals surface area contributed by atoms with Gasteiger partial charge in [0, 0.05) is 25.7 Å². The van der Waals surface area contributed by atoms with Gasteiger partial charge in [-0.25, -0.2) is 4.72 Å². The van der Waals surface area contributed by atoms with Crippen LogP contribution in [0.5, 0.6) is 0 Å². The quantitative estimate of drug-likeness (QED) is 0.513. The maximum absolute atomic E-state index is 11.1. The summed E-state index contributed by atoms with van der Waals surface area (Å²) in [5.41, 5.74) is 0. The lowest BCUT2D eigenvalue weighted by atomic mass is 10.2. The lowest BCUT2D eigenvalue weighted by Crippen LogP contribution is -2.58. The highest BCUT2D eigenvalue weighted by atomic mass is 32.2. The van der Waals surface area contributed by atoms with E-state index in [-0.39, 0.29) is 6.04 Å². The van der Waals surface area contributed by atoms with E-state index in [1.165, 1.54) is 0 Å². The van der Waals surface area contributed by atoms with Gasteiger partial charge in [-0.3, -0.25) is 0 Å². The van der Waals surface area contributed by atoms with E-state index in [1.807, 2.05) is 6.92 Å². The van der Waals surface area contributed by atoms with Crippen LogP contribution >= 0.6 is 0 Å². The van der Waals surface area contributed by atoms with Gasteiger partial charge >= 0.3 is 0 Å². The summed E-state index contributed by atoms with van der Waals surface area (Å²) >= 11 is 0. The van der Waals surface area contributed by atoms with E-state index in [2.05, 4.69) is 14.8 Å². The van der Waals surface area contributed by atoms with E-state index in [0.717, 1.165) is 19.5 Å². The molecule has 0 radical (unpaired) electrons. The molecule has 1 rings (SSSR count). The first kappa shape index (κ1) is 9.91. The minimum absolute atomic E-state index is 0.0688. The normalized spacial score (nSPS) is 19.1. The zero-order valence-corrected chi connectivity index (χ0v) is 7.95. The van der Waals surface area contributed by atoms with Gasteiger partial charge in [0.25, 0.3) is 10.2 Å². The van der Waals surface area contributed by atoms with Crippen molar-refractivity contribution in [1.82, 2.24) is 14.8 Å². The molecule has 0 aromatic heterocycles. The molecule has 6 heteroatoms. The molecule has 0 aliphatic carbocycles. The van der Waals surface area contributed by atoms with Crippen LogP contribution in [-0.4, -0.2) is 34.1 Å². The Labute approximate surface area is 73.1 Å². The fourth-order valence-corrected chi connectivity index (χ4v) is 2.03. The zero-order valence-electron chi connectivity index (χ0n) is 7.13. The zero-order chi connectivity index (χ0) is 9.03. The average molecular weight is 193 g/mol.